The maximum absolute atomic E-state index is 5.36. The molecule has 0 unspecified atom stereocenters. The van der Waals surface area contributed by atoms with Crippen LogP contribution in [0.3, 0.4) is 0 Å². The van der Waals surface area contributed by atoms with Gasteiger partial charge in [-0.05, 0) is 12.8 Å². The van der Waals surface area contributed by atoms with Crippen molar-refractivity contribution in [2.75, 3.05) is 11.9 Å². The van der Waals surface area contributed by atoms with E-state index in [1.165, 1.54) is 12.8 Å². The molecule has 1 fully saturated rings. The first-order valence-corrected chi connectivity index (χ1v) is 4.95. The Bertz CT molecular complexity index is 319. The minimum absolute atomic E-state index is 0.475. The average Bonchev–Trinajstić information content (AvgIpc) is 2.83. The van der Waals surface area contributed by atoms with E-state index in [0.29, 0.717) is 18.5 Å². The monoisotopic (exact) mass is 243 g/mol. The van der Waals surface area contributed by atoms with Gasteiger partial charge in [-0.3, -0.25) is 0 Å². The predicted octanol–water partition coefficient (Wildman–Crippen LogP) is 2.27. The van der Waals surface area contributed by atoms with Gasteiger partial charge in [0.2, 0.25) is 5.89 Å². The molecule has 0 saturated heterocycles. The molecular formula is C8H10BrN3O. The van der Waals surface area contributed by atoms with Gasteiger partial charge in [0.25, 0.3) is 0 Å². The van der Waals surface area contributed by atoms with Gasteiger partial charge in [0.1, 0.15) is 0 Å². The zero-order valence-electron chi connectivity index (χ0n) is 7.09. The summed E-state index contributed by atoms with van der Waals surface area (Å²) in [5.74, 6) is 1.26. The van der Waals surface area contributed by atoms with Crippen LogP contribution in [0.5, 0.6) is 0 Å². The van der Waals surface area contributed by atoms with Crippen LogP contribution >= 0.6 is 15.9 Å². The molecule has 1 aromatic rings. The second-order valence-electron chi connectivity index (χ2n) is 3.09. The second kappa shape index (κ2) is 3.49. The van der Waals surface area contributed by atoms with Crippen LogP contribution in [0.15, 0.2) is 15.5 Å². The van der Waals surface area contributed by atoms with Crippen molar-refractivity contribution in [1.29, 1.82) is 0 Å². The zero-order valence-corrected chi connectivity index (χ0v) is 8.67. The van der Waals surface area contributed by atoms with Crippen molar-refractivity contribution >= 4 is 21.9 Å². The Morgan fingerprint density at radius 2 is 2.38 bits per heavy atom. The maximum atomic E-state index is 5.36. The first-order chi connectivity index (χ1) is 6.25. The van der Waals surface area contributed by atoms with Gasteiger partial charge in [-0.25, -0.2) is 0 Å². The highest BCUT2D eigenvalue weighted by atomic mass is 79.9. The van der Waals surface area contributed by atoms with Crippen LogP contribution in [0.2, 0.25) is 0 Å². The number of halogens is 1. The van der Waals surface area contributed by atoms with E-state index in [2.05, 4.69) is 38.0 Å². The van der Waals surface area contributed by atoms with Gasteiger partial charge in [0, 0.05) is 10.4 Å². The molecule has 1 aromatic heterocycles. The molecule has 0 bridgehead atoms. The fourth-order valence-corrected chi connectivity index (χ4v) is 1.11. The first-order valence-electron chi connectivity index (χ1n) is 4.16. The summed E-state index contributed by atoms with van der Waals surface area (Å²) in [5.41, 5.74) is 0. The normalized spacial score (nSPS) is 15.8. The summed E-state index contributed by atoms with van der Waals surface area (Å²) >= 11 is 3.23. The third-order valence-corrected chi connectivity index (χ3v) is 2.08. The summed E-state index contributed by atoms with van der Waals surface area (Å²) in [6.45, 7) is 4.29. The quantitative estimate of drug-likeness (QED) is 0.882. The summed E-state index contributed by atoms with van der Waals surface area (Å²) in [6, 6.07) is 0.475. The maximum Gasteiger partial charge on any atom is 0.315 e. The highest BCUT2D eigenvalue weighted by molar-refractivity contribution is 9.11. The van der Waals surface area contributed by atoms with Crippen LogP contribution in [-0.2, 0) is 0 Å². The van der Waals surface area contributed by atoms with Crippen LogP contribution in [0.1, 0.15) is 24.7 Å². The van der Waals surface area contributed by atoms with Crippen molar-refractivity contribution in [2.24, 2.45) is 0 Å². The molecule has 1 saturated carbocycles. The first kappa shape index (κ1) is 8.74. The summed E-state index contributed by atoms with van der Waals surface area (Å²) in [4.78, 5) is 0. The van der Waals surface area contributed by atoms with Gasteiger partial charge in [-0.1, -0.05) is 27.6 Å². The molecule has 13 heavy (non-hydrogen) atoms. The molecule has 1 aliphatic rings. The third-order valence-electron chi connectivity index (χ3n) is 1.80. The van der Waals surface area contributed by atoms with E-state index in [1.807, 2.05) is 0 Å². The molecule has 5 heteroatoms. The van der Waals surface area contributed by atoms with E-state index in [9.17, 15) is 0 Å². The van der Waals surface area contributed by atoms with Gasteiger partial charge in [0.05, 0.1) is 6.54 Å². The number of rotatable bonds is 4. The van der Waals surface area contributed by atoms with E-state index in [-0.39, 0.29) is 0 Å². The Kier molecular flexibility index (Phi) is 2.35. The smallest absolute Gasteiger partial charge is 0.315 e. The van der Waals surface area contributed by atoms with E-state index >= 15 is 0 Å². The Morgan fingerprint density at radius 1 is 1.62 bits per heavy atom. The molecule has 0 amide bonds. The Hall–Kier alpha value is -0.840. The fourth-order valence-electron chi connectivity index (χ4n) is 0.973. The van der Waals surface area contributed by atoms with Crippen molar-refractivity contribution in [3.63, 3.8) is 0 Å². The predicted molar refractivity (Wildman–Crippen MR) is 52.8 cm³/mol. The molecule has 1 aliphatic carbocycles. The molecule has 0 spiro atoms. The van der Waals surface area contributed by atoms with Crippen LogP contribution in [-0.4, -0.2) is 16.7 Å². The molecule has 0 aromatic carbocycles. The lowest BCUT2D eigenvalue weighted by molar-refractivity contribution is 0.508. The van der Waals surface area contributed by atoms with Crippen LogP contribution in [0.25, 0.3) is 0 Å². The van der Waals surface area contributed by atoms with E-state index in [0.717, 1.165) is 10.4 Å². The number of anilines is 1. The molecule has 1 N–H and O–H groups in total. The molecule has 0 radical (unpaired) electrons. The van der Waals surface area contributed by atoms with Crippen molar-refractivity contribution < 1.29 is 4.42 Å². The largest absolute Gasteiger partial charge is 0.408 e. The number of nitrogens with one attached hydrogen (secondary N) is 1. The second-order valence-corrected chi connectivity index (χ2v) is 4.21. The number of hydrogen-bond donors (Lipinski definition) is 1. The molecule has 70 valence electrons. The van der Waals surface area contributed by atoms with E-state index in [4.69, 9.17) is 4.42 Å². The Labute approximate surface area is 84.5 Å². The molecule has 2 rings (SSSR count). The highest BCUT2D eigenvalue weighted by Gasteiger charge is 2.29. The molecule has 1 heterocycles. The topological polar surface area (TPSA) is 51.0 Å². The molecule has 0 atom stereocenters. The van der Waals surface area contributed by atoms with Gasteiger partial charge >= 0.3 is 6.01 Å². The lowest BCUT2D eigenvalue weighted by atomic mass is 10.4. The van der Waals surface area contributed by atoms with Crippen LogP contribution in [0.4, 0.5) is 6.01 Å². The van der Waals surface area contributed by atoms with Crippen LogP contribution < -0.4 is 5.32 Å². The van der Waals surface area contributed by atoms with Gasteiger partial charge in [-0.2, -0.15) is 0 Å². The number of hydrogen-bond acceptors (Lipinski definition) is 4. The van der Waals surface area contributed by atoms with Gasteiger partial charge < -0.3 is 9.73 Å². The van der Waals surface area contributed by atoms with Crippen molar-refractivity contribution in [3.05, 3.63) is 17.0 Å². The number of nitrogens with zero attached hydrogens (tertiary/aromatic N) is 2. The van der Waals surface area contributed by atoms with Gasteiger partial charge in [0.15, 0.2) is 0 Å². The molecular weight excluding hydrogens is 234 g/mol. The number of aromatic nitrogens is 2. The third kappa shape index (κ3) is 2.30. The average molecular weight is 244 g/mol. The molecule has 0 aliphatic heterocycles. The van der Waals surface area contributed by atoms with Gasteiger partial charge in [-0.15, -0.1) is 5.10 Å². The lowest BCUT2D eigenvalue weighted by Crippen LogP contribution is -2.00. The van der Waals surface area contributed by atoms with Crippen molar-refractivity contribution in [2.45, 2.75) is 18.8 Å². The Balaban J connectivity index is 1.92. The summed E-state index contributed by atoms with van der Waals surface area (Å²) in [7, 11) is 0. The van der Waals surface area contributed by atoms with Crippen molar-refractivity contribution in [3.8, 4) is 0 Å². The minimum atomic E-state index is 0.475. The lowest BCUT2D eigenvalue weighted by Gasteiger charge is -1.96. The van der Waals surface area contributed by atoms with E-state index < -0.39 is 0 Å². The minimum Gasteiger partial charge on any atom is -0.408 e. The molecule has 4 nitrogen and oxygen atoms in total. The van der Waals surface area contributed by atoms with Crippen LogP contribution in [0, 0.1) is 0 Å². The highest BCUT2D eigenvalue weighted by Crippen LogP contribution is 2.39. The van der Waals surface area contributed by atoms with Crippen molar-refractivity contribution in [1.82, 2.24) is 10.2 Å². The Morgan fingerprint density at radius 3 is 3.00 bits per heavy atom. The standard InChI is InChI=1S/C8H10BrN3O/c1-5(9)4-10-8-12-11-7(13-8)6-2-3-6/h6H,1-4H2,(H,10,12). The zero-order chi connectivity index (χ0) is 9.26. The SMILES string of the molecule is C=C(Br)CNc1nnc(C2CC2)o1. The summed E-state index contributed by atoms with van der Waals surface area (Å²) in [5, 5.41) is 10.8. The summed E-state index contributed by atoms with van der Waals surface area (Å²) < 4.78 is 6.22. The summed E-state index contributed by atoms with van der Waals surface area (Å²) in [6.07, 6.45) is 2.35. The fraction of sp³-hybridized carbons (Fsp3) is 0.500. The van der Waals surface area contributed by atoms with E-state index in [1.54, 1.807) is 0 Å².